The van der Waals surface area contributed by atoms with Crippen LogP contribution in [0.25, 0.3) is 0 Å². The Hall–Kier alpha value is -0.820. The molecule has 1 aliphatic carbocycles. The summed E-state index contributed by atoms with van der Waals surface area (Å²) in [4.78, 5) is 0. The quantitative estimate of drug-likeness (QED) is 0.786. The van der Waals surface area contributed by atoms with E-state index in [4.69, 9.17) is 0 Å². The Morgan fingerprint density at radius 1 is 1.17 bits per heavy atom. The van der Waals surface area contributed by atoms with Crippen molar-refractivity contribution in [3.8, 4) is 0 Å². The lowest BCUT2D eigenvalue weighted by atomic mass is 9.81. The van der Waals surface area contributed by atoms with E-state index in [2.05, 4.69) is 57.3 Å². The average molecular weight is 245 g/mol. The molecule has 0 atom stereocenters. The van der Waals surface area contributed by atoms with Crippen LogP contribution in [0.1, 0.15) is 57.6 Å². The largest absolute Gasteiger partial charge is 0.312 e. The van der Waals surface area contributed by atoms with Gasteiger partial charge in [-0.1, -0.05) is 52.0 Å². The first-order valence-corrected chi connectivity index (χ1v) is 7.28. The minimum atomic E-state index is 0.369. The number of rotatable bonds is 6. The zero-order valence-corrected chi connectivity index (χ0v) is 12.3. The van der Waals surface area contributed by atoms with E-state index in [0.29, 0.717) is 11.3 Å². The van der Waals surface area contributed by atoms with Crippen LogP contribution < -0.4 is 5.32 Å². The van der Waals surface area contributed by atoms with Crippen LogP contribution in [-0.2, 0) is 6.54 Å². The molecule has 0 aromatic heterocycles. The standard InChI is InChI=1S/C17H27N/c1-13(2)17(3,4)12-18-11-14-5-7-15(8-6-14)16-9-10-16/h5-8,13,16,18H,9-12H2,1-4H3. The van der Waals surface area contributed by atoms with Gasteiger partial charge in [0.05, 0.1) is 0 Å². The summed E-state index contributed by atoms with van der Waals surface area (Å²) < 4.78 is 0. The molecule has 0 saturated heterocycles. The van der Waals surface area contributed by atoms with Gasteiger partial charge in [-0.3, -0.25) is 0 Å². The summed E-state index contributed by atoms with van der Waals surface area (Å²) in [6.45, 7) is 11.3. The van der Waals surface area contributed by atoms with E-state index in [-0.39, 0.29) is 0 Å². The first-order chi connectivity index (χ1) is 8.49. The van der Waals surface area contributed by atoms with Gasteiger partial charge in [0.1, 0.15) is 0 Å². The van der Waals surface area contributed by atoms with Crippen molar-refractivity contribution < 1.29 is 0 Å². The average Bonchev–Trinajstić information content (AvgIpc) is 3.13. The molecule has 1 heteroatoms. The summed E-state index contributed by atoms with van der Waals surface area (Å²) in [6, 6.07) is 9.18. The highest BCUT2D eigenvalue weighted by Crippen LogP contribution is 2.39. The number of hydrogen-bond donors (Lipinski definition) is 1. The monoisotopic (exact) mass is 245 g/mol. The first-order valence-electron chi connectivity index (χ1n) is 7.28. The van der Waals surface area contributed by atoms with Crippen LogP contribution in [0, 0.1) is 11.3 Å². The zero-order valence-electron chi connectivity index (χ0n) is 12.3. The summed E-state index contributed by atoms with van der Waals surface area (Å²) in [5.41, 5.74) is 3.30. The minimum Gasteiger partial charge on any atom is -0.312 e. The Bertz CT molecular complexity index is 371. The van der Waals surface area contributed by atoms with Crippen LogP contribution in [-0.4, -0.2) is 6.54 Å². The lowest BCUT2D eigenvalue weighted by Crippen LogP contribution is -2.33. The third kappa shape index (κ3) is 3.58. The highest BCUT2D eigenvalue weighted by molar-refractivity contribution is 5.27. The molecule has 1 aliphatic rings. The highest BCUT2D eigenvalue weighted by atomic mass is 14.9. The predicted molar refractivity (Wildman–Crippen MR) is 78.7 cm³/mol. The van der Waals surface area contributed by atoms with E-state index < -0.39 is 0 Å². The third-order valence-electron chi connectivity index (χ3n) is 4.50. The van der Waals surface area contributed by atoms with Crippen molar-refractivity contribution in [2.24, 2.45) is 11.3 Å². The molecule has 0 spiro atoms. The van der Waals surface area contributed by atoms with Gasteiger partial charge in [0.15, 0.2) is 0 Å². The normalized spacial score (nSPS) is 16.3. The van der Waals surface area contributed by atoms with Crippen LogP contribution in [0.5, 0.6) is 0 Å². The van der Waals surface area contributed by atoms with Crippen molar-refractivity contribution in [1.82, 2.24) is 5.32 Å². The van der Waals surface area contributed by atoms with Gasteiger partial charge < -0.3 is 5.32 Å². The second-order valence-corrected chi connectivity index (χ2v) is 6.76. The van der Waals surface area contributed by atoms with Crippen LogP contribution >= 0.6 is 0 Å². The highest BCUT2D eigenvalue weighted by Gasteiger charge is 2.23. The number of nitrogens with one attached hydrogen (secondary N) is 1. The Balaban J connectivity index is 1.79. The van der Waals surface area contributed by atoms with Gasteiger partial charge in [-0.15, -0.1) is 0 Å². The van der Waals surface area contributed by atoms with Crippen molar-refractivity contribution >= 4 is 0 Å². The molecule has 1 nitrogen and oxygen atoms in total. The molecule has 0 radical (unpaired) electrons. The summed E-state index contributed by atoms with van der Waals surface area (Å²) in [5.74, 6) is 1.58. The van der Waals surface area contributed by atoms with Gasteiger partial charge in [-0.25, -0.2) is 0 Å². The lowest BCUT2D eigenvalue weighted by Gasteiger charge is -2.29. The van der Waals surface area contributed by atoms with Crippen LogP contribution in [0.4, 0.5) is 0 Å². The molecule has 1 aromatic carbocycles. The molecule has 0 bridgehead atoms. The van der Waals surface area contributed by atoms with Gasteiger partial charge in [0.2, 0.25) is 0 Å². The van der Waals surface area contributed by atoms with Crippen LogP contribution in [0.15, 0.2) is 24.3 Å². The fourth-order valence-electron chi connectivity index (χ4n) is 2.06. The Kier molecular flexibility index (Phi) is 4.11. The number of hydrogen-bond acceptors (Lipinski definition) is 1. The summed E-state index contributed by atoms with van der Waals surface area (Å²) in [7, 11) is 0. The van der Waals surface area contributed by atoms with E-state index in [1.54, 1.807) is 0 Å². The van der Waals surface area contributed by atoms with Crippen LogP contribution in [0.3, 0.4) is 0 Å². The molecule has 100 valence electrons. The summed E-state index contributed by atoms with van der Waals surface area (Å²) >= 11 is 0. The molecular weight excluding hydrogens is 218 g/mol. The Morgan fingerprint density at radius 2 is 1.78 bits per heavy atom. The smallest absolute Gasteiger partial charge is 0.0205 e. The van der Waals surface area contributed by atoms with Gasteiger partial charge in [0, 0.05) is 13.1 Å². The molecule has 1 saturated carbocycles. The lowest BCUT2D eigenvalue weighted by molar-refractivity contribution is 0.238. The molecule has 2 rings (SSSR count). The molecule has 1 fully saturated rings. The molecular formula is C17H27N. The van der Waals surface area contributed by atoms with Gasteiger partial charge in [-0.2, -0.15) is 0 Å². The van der Waals surface area contributed by atoms with Crippen molar-refractivity contribution in [2.75, 3.05) is 6.54 Å². The SMILES string of the molecule is CC(C)C(C)(C)CNCc1ccc(C2CC2)cc1. The molecule has 0 unspecified atom stereocenters. The van der Waals surface area contributed by atoms with E-state index in [0.717, 1.165) is 19.0 Å². The van der Waals surface area contributed by atoms with Crippen molar-refractivity contribution in [3.05, 3.63) is 35.4 Å². The molecule has 0 heterocycles. The number of benzene rings is 1. The van der Waals surface area contributed by atoms with Gasteiger partial charge >= 0.3 is 0 Å². The second-order valence-electron chi connectivity index (χ2n) is 6.76. The zero-order chi connectivity index (χ0) is 13.2. The summed E-state index contributed by atoms with van der Waals surface area (Å²) in [5, 5.41) is 3.59. The second kappa shape index (κ2) is 5.44. The first kappa shape index (κ1) is 13.6. The van der Waals surface area contributed by atoms with Crippen molar-refractivity contribution in [3.63, 3.8) is 0 Å². The van der Waals surface area contributed by atoms with Crippen molar-refractivity contribution in [2.45, 2.75) is 53.0 Å². The summed E-state index contributed by atoms with van der Waals surface area (Å²) in [6.07, 6.45) is 2.78. The molecule has 1 aromatic rings. The van der Waals surface area contributed by atoms with Crippen molar-refractivity contribution in [1.29, 1.82) is 0 Å². The topological polar surface area (TPSA) is 12.0 Å². The minimum absolute atomic E-state index is 0.369. The van der Waals surface area contributed by atoms with Gasteiger partial charge in [-0.05, 0) is 41.2 Å². The maximum Gasteiger partial charge on any atom is 0.0205 e. The van der Waals surface area contributed by atoms with E-state index in [1.807, 2.05) is 0 Å². The van der Waals surface area contributed by atoms with E-state index >= 15 is 0 Å². The van der Waals surface area contributed by atoms with E-state index in [1.165, 1.54) is 24.0 Å². The fourth-order valence-corrected chi connectivity index (χ4v) is 2.06. The Morgan fingerprint density at radius 3 is 2.28 bits per heavy atom. The van der Waals surface area contributed by atoms with Crippen LogP contribution in [0.2, 0.25) is 0 Å². The Labute approximate surface area is 112 Å². The predicted octanol–water partition coefficient (Wildman–Crippen LogP) is 4.34. The molecule has 0 amide bonds. The molecule has 0 aliphatic heterocycles. The molecule has 1 N–H and O–H groups in total. The molecule has 18 heavy (non-hydrogen) atoms. The maximum absolute atomic E-state index is 3.59. The third-order valence-corrected chi connectivity index (χ3v) is 4.50. The maximum atomic E-state index is 3.59. The van der Waals surface area contributed by atoms with E-state index in [9.17, 15) is 0 Å². The fraction of sp³-hybridized carbons (Fsp3) is 0.647. The van der Waals surface area contributed by atoms with Gasteiger partial charge in [0.25, 0.3) is 0 Å².